The summed E-state index contributed by atoms with van der Waals surface area (Å²) in [7, 11) is 0. The number of carbonyl (C=O) groups is 1. The van der Waals surface area contributed by atoms with Crippen molar-refractivity contribution in [3.8, 4) is 11.5 Å². The molecule has 1 unspecified atom stereocenters. The Bertz CT molecular complexity index is 345. The van der Waals surface area contributed by atoms with E-state index in [2.05, 4.69) is 4.74 Å². The molecule has 2 N–H and O–H groups in total. The number of ether oxygens (including phenoxy) is 1. The lowest BCUT2D eigenvalue weighted by molar-refractivity contribution is -0.140. The third-order valence-electron chi connectivity index (χ3n) is 1.72. The van der Waals surface area contributed by atoms with Gasteiger partial charge < -0.3 is 14.9 Å². The first-order valence-corrected chi connectivity index (χ1v) is 3.41. The SMILES string of the molecule is O=C1Oc2ccc(O)cc2C1O. The number of rotatable bonds is 0. The number of aliphatic hydroxyl groups is 1. The molecule has 1 aromatic rings. The summed E-state index contributed by atoms with van der Waals surface area (Å²) in [6.07, 6.45) is -1.26. The largest absolute Gasteiger partial charge is 0.508 e. The van der Waals surface area contributed by atoms with E-state index >= 15 is 0 Å². The van der Waals surface area contributed by atoms with E-state index in [0.29, 0.717) is 11.3 Å². The predicted octanol–water partition coefficient (Wildman–Crippen LogP) is 0.345. The summed E-state index contributed by atoms with van der Waals surface area (Å²) < 4.78 is 4.67. The molecule has 0 aliphatic carbocycles. The highest BCUT2D eigenvalue weighted by Crippen LogP contribution is 2.35. The Labute approximate surface area is 68.0 Å². The van der Waals surface area contributed by atoms with Gasteiger partial charge in [0.2, 0.25) is 0 Å². The fourth-order valence-electron chi connectivity index (χ4n) is 1.13. The van der Waals surface area contributed by atoms with Crippen molar-refractivity contribution in [3.63, 3.8) is 0 Å². The lowest BCUT2D eigenvalue weighted by atomic mass is 10.1. The van der Waals surface area contributed by atoms with Gasteiger partial charge in [0.05, 0.1) is 0 Å². The maximum absolute atomic E-state index is 10.8. The van der Waals surface area contributed by atoms with Gasteiger partial charge in [-0.25, -0.2) is 4.79 Å². The molecule has 4 nitrogen and oxygen atoms in total. The zero-order valence-electron chi connectivity index (χ0n) is 6.02. The summed E-state index contributed by atoms with van der Waals surface area (Å²) in [6, 6.07) is 4.15. The minimum absolute atomic E-state index is 0.00565. The number of hydrogen-bond donors (Lipinski definition) is 2. The average Bonchev–Trinajstić information content (AvgIpc) is 2.31. The van der Waals surface area contributed by atoms with Crippen LogP contribution < -0.4 is 4.74 Å². The summed E-state index contributed by atoms with van der Waals surface area (Å²) in [6.45, 7) is 0. The quantitative estimate of drug-likeness (QED) is 0.431. The van der Waals surface area contributed by atoms with Crippen LogP contribution in [0.2, 0.25) is 0 Å². The summed E-state index contributed by atoms with van der Waals surface area (Å²) in [5, 5.41) is 18.2. The molecule has 0 spiro atoms. The monoisotopic (exact) mass is 166 g/mol. The third kappa shape index (κ3) is 0.853. The van der Waals surface area contributed by atoms with Crippen molar-refractivity contribution >= 4 is 5.97 Å². The first kappa shape index (κ1) is 7.12. The number of fused-ring (bicyclic) bond motifs is 1. The minimum atomic E-state index is -1.26. The van der Waals surface area contributed by atoms with E-state index in [9.17, 15) is 9.90 Å². The van der Waals surface area contributed by atoms with Crippen LogP contribution in [0.15, 0.2) is 18.2 Å². The van der Waals surface area contributed by atoms with Crippen LogP contribution in [-0.2, 0) is 4.79 Å². The lowest BCUT2D eigenvalue weighted by Crippen LogP contribution is -2.08. The van der Waals surface area contributed by atoms with Gasteiger partial charge in [0.25, 0.3) is 0 Å². The van der Waals surface area contributed by atoms with Crippen molar-refractivity contribution in [2.45, 2.75) is 6.10 Å². The highest BCUT2D eigenvalue weighted by molar-refractivity contribution is 5.84. The number of aromatic hydroxyl groups is 1. The van der Waals surface area contributed by atoms with Gasteiger partial charge in [-0.2, -0.15) is 0 Å². The van der Waals surface area contributed by atoms with Crippen LogP contribution in [-0.4, -0.2) is 16.2 Å². The minimum Gasteiger partial charge on any atom is -0.508 e. The Kier molecular flexibility index (Phi) is 1.31. The average molecular weight is 166 g/mol. The third-order valence-corrected chi connectivity index (χ3v) is 1.72. The Morgan fingerprint density at radius 2 is 2.17 bits per heavy atom. The molecule has 1 aliphatic rings. The molecule has 0 aromatic heterocycles. The van der Waals surface area contributed by atoms with E-state index in [1.54, 1.807) is 0 Å². The molecule has 0 saturated heterocycles. The van der Waals surface area contributed by atoms with Crippen LogP contribution in [0.5, 0.6) is 11.5 Å². The van der Waals surface area contributed by atoms with E-state index in [-0.39, 0.29) is 5.75 Å². The maximum Gasteiger partial charge on any atom is 0.345 e. The van der Waals surface area contributed by atoms with Gasteiger partial charge >= 0.3 is 5.97 Å². The molecule has 0 fully saturated rings. The Morgan fingerprint density at radius 3 is 2.92 bits per heavy atom. The fraction of sp³-hybridized carbons (Fsp3) is 0.125. The topological polar surface area (TPSA) is 66.8 Å². The van der Waals surface area contributed by atoms with Crippen LogP contribution in [0.4, 0.5) is 0 Å². The molecular weight excluding hydrogens is 160 g/mol. The van der Waals surface area contributed by atoms with Gasteiger partial charge in [-0.3, -0.25) is 0 Å². The van der Waals surface area contributed by atoms with Crippen LogP contribution in [0, 0.1) is 0 Å². The van der Waals surface area contributed by atoms with Crippen molar-refractivity contribution < 1.29 is 19.7 Å². The zero-order chi connectivity index (χ0) is 8.72. The smallest absolute Gasteiger partial charge is 0.345 e. The predicted molar refractivity (Wildman–Crippen MR) is 38.7 cm³/mol. The van der Waals surface area contributed by atoms with E-state index < -0.39 is 12.1 Å². The molecular formula is C8H6O4. The molecule has 0 amide bonds. The first-order valence-electron chi connectivity index (χ1n) is 3.41. The molecule has 1 heterocycles. The van der Waals surface area contributed by atoms with Crippen molar-refractivity contribution in [1.29, 1.82) is 0 Å². The van der Waals surface area contributed by atoms with Gasteiger partial charge in [0.1, 0.15) is 11.5 Å². The summed E-state index contributed by atoms with van der Waals surface area (Å²) in [4.78, 5) is 10.8. The highest BCUT2D eigenvalue weighted by atomic mass is 16.6. The van der Waals surface area contributed by atoms with Gasteiger partial charge in [-0.15, -0.1) is 0 Å². The Hall–Kier alpha value is -1.55. The fourth-order valence-corrected chi connectivity index (χ4v) is 1.13. The Morgan fingerprint density at radius 1 is 1.42 bits per heavy atom. The Balaban J connectivity index is 2.55. The van der Waals surface area contributed by atoms with Crippen LogP contribution in [0.3, 0.4) is 0 Å². The van der Waals surface area contributed by atoms with E-state index in [0.717, 1.165) is 0 Å². The van der Waals surface area contributed by atoms with E-state index in [1.807, 2.05) is 0 Å². The van der Waals surface area contributed by atoms with E-state index in [4.69, 9.17) is 5.11 Å². The molecule has 12 heavy (non-hydrogen) atoms. The number of carbonyl (C=O) groups excluding carboxylic acids is 1. The summed E-state index contributed by atoms with van der Waals surface area (Å²) in [5.41, 5.74) is 0.319. The molecule has 4 heteroatoms. The summed E-state index contributed by atoms with van der Waals surface area (Å²) in [5.74, 6) is -0.382. The van der Waals surface area contributed by atoms with Crippen molar-refractivity contribution in [2.75, 3.05) is 0 Å². The number of hydrogen-bond acceptors (Lipinski definition) is 4. The standard InChI is InChI=1S/C8H6O4/c9-4-1-2-6-5(3-4)7(10)8(11)12-6/h1-3,7,9-10H. The molecule has 1 aromatic carbocycles. The second kappa shape index (κ2) is 2.22. The summed E-state index contributed by atoms with van der Waals surface area (Å²) >= 11 is 0. The molecule has 1 aliphatic heterocycles. The van der Waals surface area contributed by atoms with Crippen molar-refractivity contribution in [2.24, 2.45) is 0 Å². The maximum atomic E-state index is 10.8. The number of phenolic OH excluding ortho intramolecular Hbond substituents is 1. The second-order valence-electron chi connectivity index (χ2n) is 2.55. The highest BCUT2D eigenvalue weighted by Gasteiger charge is 2.31. The van der Waals surface area contributed by atoms with Gasteiger partial charge in [-0.1, -0.05) is 0 Å². The number of phenols is 1. The van der Waals surface area contributed by atoms with Crippen LogP contribution >= 0.6 is 0 Å². The molecule has 1 atom stereocenters. The van der Waals surface area contributed by atoms with Crippen molar-refractivity contribution in [1.82, 2.24) is 0 Å². The van der Waals surface area contributed by atoms with Gasteiger partial charge in [0, 0.05) is 5.56 Å². The molecule has 0 radical (unpaired) electrons. The van der Waals surface area contributed by atoms with E-state index in [1.165, 1.54) is 18.2 Å². The van der Waals surface area contributed by atoms with Gasteiger partial charge in [0.15, 0.2) is 6.10 Å². The number of esters is 1. The first-order chi connectivity index (χ1) is 5.68. The normalized spacial score (nSPS) is 20.4. The lowest BCUT2D eigenvalue weighted by Gasteiger charge is -1.97. The number of aliphatic hydroxyl groups excluding tert-OH is 1. The number of benzene rings is 1. The molecule has 2 rings (SSSR count). The molecule has 62 valence electrons. The van der Waals surface area contributed by atoms with Crippen LogP contribution in [0.25, 0.3) is 0 Å². The molecule has 0 bridgehead atoms. The second-order valence-corrected chi connectivity index (χ2v) is 2.55. The van der Waals surface area contributed by atoms with Crippen molar-refractivity contribution in [3.05, 3.63) is 23.8 Å². The molecule has 0 saturated carbocycles. The zero-order valence-corrected chi connectivity index (χ0v) is 6.02. The van der Waals surface area contributed by atoms with Gasteiger partial charge in [-0.05, 0) is 18.2 Å². The van der Waals surface area contributed by atoms with Crippen LogP contribution in [0.1, 0.15) is 11.7 Å².